The van der Waals surface area contributed by atoms with E-state index >= 15 is 0 Å². The predicted octanol–water partition coefficient (Wildman–Crippen LogP) is 3.66. The molecule has 184 valence electrons. The standard InChI is InChI=1S/C23H27BrN2O7S/c1-32-14-15-33-23(29)25-12-10-18(11-13-25)21(22(27)28)26(34(30)31)20-8-4-17(5-9-20)16-2-6-19(24)7-3-16/h2-9,18,21H,10-15H2,1H3,(H,27,28)(H,30,31)/p-1. The van der Waals surface area contributed by atoms with Gasteiger partial charge in [-0.2, -0.15) is 0 Å². The number of carboxylic acids is 1. The average Bonchev–Trinajstić information content (AvgIpc) is 2.83. The maximum Gasteiger partial charge on any atom is 0.409 e. The highest BCUT2D eigenvalue weighted by molar-refractivity contribution is 9.10. The molecule has 0 radical (unpaired) electrons. The van der Waals surface area contributed by atoms with Crippen LogP contribution in [0.25, 0.3) is 11.1 Å². The Morgan fingerprint density at radius 3 is 2.18 bits per heavy atom. The number of hydrogen-bond acceptors (Lipinski definition) is 6. The van der Waals surface area contributed by atoms with E-state index in [0.717, 1.165) is 19.9 Å². The average molecular weight is 554 g/mol. The summed E-state index contributed by atoms with van der Waals surface area (Å²) in [6.45, 7) is 0.977. The number of amides is 1. The van der Waals surface area contributed by atoms with Crippen molar-refractivity contribution in [2.75, 3.05) is 37.7 Å². The lowest BCUT2D eigenvalue weighted by molar-refractivity contribution is -0.140. The number of rotatable bonds is 9. The van der Waals surface area contributed by atoms with E-state index < -0.39 is 35.3 Å². The molecule has 1 amide bonds. The van der Waals surface area contributed by atoms with Gasteiger partial charge in [-0.05, 0) is 54.2 Å². The van der Waals surface area contributed by atoms with Crippen molar-refractivity contribution >= 4 is 44.9 Å². The lowest BCUT2D eigenvalue weighted by Gasteiger charge is -2.40. The maximum atomic E-state index is 12.2. The van der Waals surface area contributed by atoms with E-state index in [0.29, 0.717) is 12.8 Å². The zero-order valence-electron chi connectivity index (χ0n) is 18.6. The van der Waals surface area contributed by atoms with E-state index in [2.05, 4.69) is 15.9 Å². The van der Waals surface area contributed by atoms with Crippen molar-refractivity contribution in [2.24, 2.45) is 5.92 Å². The van der Waals surface area contributed by atoms with E-state index in [4.69, 9.17) is 9.47 Å². The molecule has 1 fully saturated rings. The van der Waals surface area contributed by atoms with Gasteiger partial charge in [0, 0.05) is 41.6 Å². The summed E-state index contributed by atoms with van der Waals surface area (Å²) < 4.78 is 36.1. The van der Waals surface area contributed by atoms with Gasteiger partial charge in [-0.25, -0.2) is 9.59 Å². The van der Waals surface area contributed by atoms with Crippen LogP contribution in [0, 0.1) is 5.92 Å². The van der Waals surface area contributed by atoms with Crippen LogP contribution in [-0.2, 0) is 25.5 Å². The smallest absolute Gasteiger partial charge is 0.409 e. The SMILES string of the molecule is COCCOC(=O)N1CCC(C(C(=O)O)N(c2ccc(-c3ccc(Br)cc3)cc2)S(=O)[O-])CC1. The molecule has 1 aliphatic rings. The van der Waals surface area contributed by atoms with Crippen LogP contribution in [0.3, 0.4) is 0 Å². The summed E-state index contributed by atoms with van der Waals surface area (Å²) in [7, 11) is 1.51. The molecule has 1 saturated heterocycles. The van der Waals surface area contributed by atoms with Crippen LogP contribution >= 0.6 is 15.9 Å². The predicted molar refractivity (Wildman–Crippen MR) is 130 cm³/mol. The van der Waals surface area contributed by atoms with Gasteiger partial charge >= 0.3 is 12.1 Å². The number of benzene rings is 2. The molecule has 34 heavy (non-hydrogen) atoms. The fraction of sp³-hybridized carbons (Fsp3) is 0.391. The van der Waals surface area contributed by atoms with Crippen LogP contribution in [-0.4, -0.2) is 70.3 Å². The third-order valence-corrected chi connectivity index (χ3v) is 7.01. The molecular formula is C23H26BrN2O7S-. The molecule has 0 spiro atoms. The molecule has 1 N–H and O–H groups in total. The van der Waals surface area contributed by atoms with Crippen LogP contribution in [0.5, 0.6) is 0 Å². The molecular weight excluding hydrogens is 528 g/mol. The molecule has 3 rings (SSSR count). The Labute approximate surface area is 209 Å². The number of likely N-dealkylation sites (tertiary alicyclic amines) is 1. The molecule has 2 unspecified atom stereocenters. The number of ether oxygens (including phenoxy) is 2. The zero-order chi connectivity index (χ0) is 24.7. The van der Waals surface area contributed by atoms with Crippen molar-refractivity contribution in [3.63, 3.8) is 0 Å². The summed E-state index contributed by atoms with van der Waals surface area (Å²) in [5, 5.41) is 9.94. The minimum Gasteiger partial charge on any atom is -0.755 e. The van der Waals surface area contributed by atoms with Gasteiger partial charge in [-0.3, -0.25) is 8.51 Å². The third kappa shape index (κ3) is 6.56. The Morgan fingerprint density at radius 1 is 1.12 bits per heavy atom. The van der Waals surface area contributed by atoms with Gasteiger partial charge in [-0.15, -0.1) is 0 Å². The molecule has 1 heterocycles. The van der Waals surface area contributed by atoms with E-state index in [-0.39, 0.29) is 32.0 Å². The fourth-order valence-corrected chi connectivity index (χ4v) is 4.98. The van der Waals surface area contributed by atoms with Crippen LogP contribution < -0.4 is 4.31 Å². The monoisotopic (exact) mass is 553 g/mol. The Balaban J connectivity index is 1.74. The minimum absolute atomic E-state index is 0.131. The van der Waals surface area contributed by atoms with Crippen molar-refractivity contribution in [3.05, 3.63) is 53.0 Å². The number of anilines is 1. The van der Waals surface area contributed by atoms with Crippen LogP contribution in [0.1, 0.15) is 12.8 Å². The first-order valence-electron chi connectivity index (χ1n) is 10.7. The highest BCUT2D eigenvalue weighted by Crippen LogP contribution is 2.31. The molecule has 0 bridgehead atoms. The highest BCUT2D eigenvalue weighted by Gasteiger charge is 2.38. The number of nitrogens with zero attached hydrogens (tertiary/aromatic N) is 2. The first kappa shape index (κ1) is 26.1. The number of methoxy groups -OCH3 is 1. The van der Waals surface area contributed by atoms with Crippen molar-refractivity contribution < 1.29 is 32.9 Å². The molecule has 0 aromatic heterocycles. The number of carboxylic acid groups (broad SMARTS) is 1. The van der Waals surface area contributed by atoms with Gasteiger partial charge in [0.15, 0.2) is 0 Å². The van der Waals surface area contributed by atoms with Gasteiger partial charge in [0.25, 0.3) is 0 Å². The first-order chi connectivity index (χ1) is 16.3. The normalized spacial score (nSPS) is 16.0. The van der Waals surface area contributed by atoms with Crippen LogP contribution in [0.15, 0.2) is 53.0 Å². The Morgan fingerprint density at radius 2 is 1.68 bits per heavy atom. The quantitative estimate of drug-likeness (QED) is 0.371. The number of carbonyl (C=O) groups excluding carboxylic acids is 1. The largest absolute Gasteiger partial charge is 0.755 e. The Bertz CT molecular complexity index is 995. The van der Waals surface area contributed by atoms with Crippen LogP contribution in [0.2, 0.25) is 0 Å². The summed E-state index contributed by atoms with van der Waals surface area (Å²) in [6, 6.07) is 13.1. The van der Waals surface area contributed by atoms with Gasteiger partial charge in [0.1, 0.15) is 12.6 Å². The summed E-state index contributed by atoms with van der Waals surface area (Å²) in [6.07, 6.45) is 0.178. The fourth-order valence-electron chi connectivity index (χ4n) is 3.98. The molecule has 2 atom stereocenters. The number of carbonyl (C=O) groups is 2. The van der Waals surface area contributed by atoms with Gasteiger partial charge in [0.2, 0.25) is 0 Å². The number of piperidine rings is 1. The van der Waals surface area contributed by atoms with Gasteiger partial charge in [0.05, 0.1) is 6.61 Å². The number of halogens is 1. The first-order valence-corrected chi connectivity index (χ1v) is 12.5. The van der Waals surface area contributed by atoms with E-state index in [1.807, 2.05) is 24.3 Å². The molecule has 0 saturated carbocycles. The number of aliphatic carboxylic acids is 1. The second kappa shape index (κ2) is 12.3. The number of hydrogen-bond donors (Lipinski definition) is 1. The topological polar surface area (TPSA) is 119 Å². The zero-order valence-corrected chi connectivity index (χ0v) is 21.0. The summed E-state index contributed by atoms with van der Waals surface area (Å²) in [4.78, 5) is 25.8. The Hall–Kier alpha value is -2.47. The summed E-state index contributed by atoms with van der Waals surface area (Å²) >= 11 is 0.586. The van der Waals surface area contributed by atoms with E-state index in [1.54, 1.807) is 24.3 Å². The summed E-state index contributed by atoms with van der Waals surface area (Å²) in [5.74, 6) is -1.70. The highest BCUT2D eigenvalue weighted by atomic mass is 79.9. The third-order valence-electron chi connectivity index (χ3n) is 5.72. The lowest BCUT2D eigenvalue weighted by atomic mass is 9.89. The second-order valence-electron chi connectivity index (χ2n) is 7.81. The summed E-state index contributed by atoms with van der Waals surface area (Å²) in [5.41, 5.74) is 2.09. The maximum absolute atomic E-state index is 12.2. The van der Waals surface area contributed by atoms with Gasteiger partial charge in [-0.1, -0.05) is 40.2 Å². The molecule has 0 aliphatic carbocycles. The molecule has 2 aromatic rings. The van der Waals surface area contributed by atoms with Crippen LogP contribution in [0.4, 0.5) is 10.5 Å². The van der Waals surface area contributed by atoms with Crippen molar-refractivity contribution in [1.29, 1.82) is 0 Å². The van der Waals surface area contributed by atoms with Crippen molar-refractivity contribution in [1.82, 2.24) is 4.90 Å². The second-order valence-corrected chi connectivity index (χ2v) is 9.55. The van der Waals surface area contributed by atoms with Crippen molar-refractivity contribution in [3.8, 4) is 11.1 Å². The molecule has 9 nitrogen and oxygen atoms in total. The van der Waals surface area contributed by atoms with E-state index in [9.17, 15) is 23.5 Å². The molecule has 1 aliphatic heterocycles. The lowest BCUT2D eigenvalue weighted by Crippen LogP contribution is -2.51. The Kier molecular flexibility index (Phi) is 9.45. The molecule has 2 aromatic carbocycles. The van der Waals surface area contributed by atoms with Gasteiger partial charge < -0.3 is 24.0 Å². The molecule has 11 heteroatoms. The van der Waals surface area contributed by atoms with Crippen molar-refractivity contribution in [2.45, 2.75) is 18.9 Å². The minimum atomic E-state index is -2.81. The van der Waals surface area contributed by atoms with E-state index in [1.165, 1.54) is 12.0 Å².